The second-order valence-corrected chi connectivity index (χ2v) is 10.6. The smallest absolute Gasteiger partial charge is 0.218 e. The Morgan fingerprint density at radius 1 is 0.730 bits per heavy atom. The SMILES string of the molecule is CCCCCCCCCCc1nc(Cl)cc(OCCC(C)C)n1.Clc1cc(Cl)nc(-c2ccccc2)n1. The summed E-state index contributed by atoms with van der Waals surface area (Å²) >= 11 is 17.6. The van der Waals surface area contributed by atoms with Crippen molar-refractivity contribution in [1.82, 2.24) is 19.9 Å². The van der Waals surface area contributed by atoms with E-state index in [1.54, 1.807) is 6.07 Å². The zero-order valence-electron chi connectivity index (χ0n) is 22.2. The van der Waals surface area contributed by atoms with Crippen LogP contribution in [0.5, 0.6) is 5.88 Å². The minimum atomic E-state index is 0.351. The molecule has 0 saturated heterocycles. The van der Waals surface area contributed by atoms with Gasteiger partial charge in [0.15, 0.2) is 5.82 Å². The summed E-state index contributed by atoms with van der Waals surface area (Å²) in [5, 5.41) is 1.18. The first kappa shape index (κ1) is 31.3. The first-order valence-electron chi connectivity index (χ1n) is 13.3. The third kappa shape index (κ3) is 14.0. The molecule has 0 amide bonds. The van der Waals surface area contributed by atoms with Gasteiger partial charge in [0.05, 0.1) is 6.61 Å². The van der Waals surface area contributed by atoms with E-state index in [4.69, 9.17) is 39.5 Å². The molecule has 8 heteroatoms. The number of hydrogen-bond acceptors (Lipinski definition) is 5. The van der Waals surface area contributed by atoms with Crippen molar-refractivity contribution in [3.8, 4) is 17.3 Å². The highest BCUT2D eigenvalue weighted by atomic mass is 35.5. The molecule has 0 aliphatic rings. The summed E-state index contributed by atoms with van der Waals surface area (Å²) in [7, 11) is 0. The molecule has 0 bridgehead atoms. The van der Waals surface area contributed by atoms with Crippen molar-refractivity contribution in [2.24, 2.45) is 5.92 Å². The van der Waals surface area contributed by atoms with Crippen LogP contribution >= 0.6 is 34.8 Å². The average molecular weight is 566 g/mol. The van der Waals surface area contributed by atoms with Crippen molar-refractivity contribution >= 4 is 34.8 Å². The lowest BCUT2D eigenvalue weighted by Crippen LogP contribution is -2.05. The zero-order valence-corrected chi connectivity index (χ0v) is 24.5. The van der Waals surface area contributed by atoms with Gasteiger partial charge in [0, 0.05) is 24.1 Å². The highest BCUT2D eigenvalue weighted by Gasteiger charge is 2.06. The molecule has 0 unspecified atom stereocenters. The first-order valence-corrected chi connectivity index (χ1v) is 14.4. The van der Waals surface area contributed by atoms with Crippen LogP contribution in [0, 0.1) is 5.92 Å². The number of rotatable bonds is 14. The Morgan fingerprint density at radius 3 is 1.95 bits per heavy atom. The van der Waals surface area contributed by atoms with Crippen LogP contribution in [0.25, 0.3) is 11.4 Å². The summed E-state index contributed by atoms with van der Waals surface area (Å²) in [5.74, 6) is 2.59. The van der Waals surface area contributed by atoms with Gasteiger partial charge in [0.2, 0.25) is 5.88 Å². The minimum Gasteiger partial charge on any atom is -0.478 e. The van der Waals surface area contributed by atoms with Crippen molar-refractivity contribution < 1.29 is 4.74 Å². The fourth-order valence-electron chi connectivity index (χ4n) is 3.55. The van der Waals surface area contributed by atoms with E-state index in [1.165, 1.54) is 51.0 Å². The zero-order chi connectivity index (χ0) is 26.9. The van der Waals surface area contributed by atoms with Crippen molar-refractivity contribution in [2.45, 2.75) is 85.0 Å². The summed E-state index contributed by atoms with van der Waals surface area (Å²) in [6, 6.07) is 12.8. The predicted molar refractivity (Wildman–Crippen MR) is 156 cm³/mol. The van der Waals surface area contributed by atoms with Crippen LogP contribution in [0.15, 0.2) is 42.5 Å². The van der Waals surface area contributed by atoms with Gasteiger partial charge in [-0.1, -0.05) is 131 Å². The lowest BCUT2D eigenvalue weighted by molar-refractivity contribution is 0.278. The number of benzene rings is 1. The largest absolute Gasteiger partial charge is 0.478 e. The Kier molecular flexibility index (Phi) is 15.5. The molecule has 0 aliphatic carbocycles. The average Bonchev–Trinajstić information content (AvgIpc) is 2.85. The summed E-state index contributed by atoms with van der Waals surface area (Å²) in [6.07, 6.45) is 12.4. The van der Waals surface area contributed by atoms with Gasteiger partial charge in [-0.2, -0.15) is 4.98 Å². The molecule has 3 rings (SSSR count). The number of aryl methyl sites for hydroxylation is 1. The number of nitrogens with zero attached hydrogens (tertiary/aromatic N) is 4. The van der Waals surface area contributed by atoms with Crippen LogP contribution in [-0.4, -0.2) is 26.5 Å². The van der Waals surface area contributed by atoms with Crippen molar-refractivity contribution in [2.75, 3.05) is 6.61 Å². The number of halogens is 3. The fourth-order valence-corrected chi connectivity index (χ4v) is 4.16. The lowest BCUT2D eigenvalue weighted by Gasteiger charge is -2.09. The molecule has 202 valence electrons. The van der Waals surface area contributed by atoms with Gasteiger partial charge in [0.1, 0.15) is 21.3 Å². The van der Waals surface area contributed by atoms with E-state index in [1.807, 2.05) is 30.3 Å². The van der Waals surface area contributed by atoms with Crippen LogP contribution in [-0.2, 0) is 6.42 Å². The highest BCUT2D eigenvalue weighted by Crippen LogP contribution is 2.20. The van der Waals surface area contributed by atoms with E-state index < -0.39 is 0 Å². The molecule has 0 atom stereocenters. The van der Waals surface area contributed by atoms with Crippen LogP contribution in [0.3, 0.4) is 0 Å². The van der Waals surface area contributed by atoms with Gasteiger partial charge in [-0.15, -0.1) is 0 Å². The maximum absolute atomic E-state index is 6.07. The molecule has 0 fully saturated rings. The second-order valence-electron chi connectivity index (χ2n) is 9.40. The standard InChI is InChI=1S/C19H33ClN2O.C10H6Cl2N2/c1-4-5-6-7-8-9-10-11-12-18-21-17(20)15-19(22-18)23-14-13-16(2)3;11-8-6-9(12)14-10(13-8)7-4-2-1-3-5-7/h15-16H,4-14H2,1-3H3;1-6H. The van der Waals surface area contributed by atoms with E-state index in [2.05, 4.69) is 40.7 Å². The summed E-state index contributed by atoms with van der Waals surface area (Å²) < 4.78 is 5.69. The Labute approximate surface area is 237 Å². The van der Waals surface area contributed by atoms with Crippen molar-refractivity contribution in [3.63, 3.8) is 0 Å². The molecule has 0 aliphatic heterocycles. The Bertz CT molecular complexity index is 1010. The minimum absolute atomic E-state index is 0.351. The Morgan fingerprint density at radius 2 is 1.32 bits per heavy atom. The van der Waals surface area contributed by atoms with Crippen LogP contribution in [0.2, 0.25) is 15.5 Å². The van der Waals surface area contributed by atoms with E-state index in [-0.39, 0.29) is 0 Å². The monoisotopic (exact) mass is 564 g/mol. The van der Waals surface area contributed by atoms with Gasteiger partial charge in [0.25, 0.3) is 0 Å². The molecule has 2 aromatic heterocycles. The van der Waals surface area contributed by atoms with Gasteiger partial charge in [-0.05, 0) is 18.8 Å². The second kappa shape index (κ2) is 18.3. The van der Waals surface area contributed by atoms with Gasteiger partial charge in [-0.3, -0.25) is 0 Å². The molecule has 0 spiro atoms. The number of ether oxygens (including phenoxy) is 1. The normalized spacial score (nSPS) is 10.8. The third-order valence-corrected chi connectivity index (χ3v) is 6.19. The predicted octanol–water partition coefficient (Wildman–Crippen LogP) is 9.69. The first-order chi connectivity index (χ1) is 17.9. The highest BCUT2D eigenvalue weighted by molar-refractivity contribution is 6.33. The Hall–Kier alpha value is -1.95. The maximum atomic E-state index is 6.07. The summed E-state index contributed by atoms with van der Waals surface area (Å²) in [6.45, 7) is 7.31. The molecule has 0 radical (unpaired) electrons. The van der Waals surface area contributed by atoms with Crippen molar-refractivity contribution in [3.05, 3.63) is 63.7 Å². The van der Waals surface area contributed by atoms with Crippen LogP contribution in [0.1, 0.15) is 84.4 Å². The molecule has 37 heavy (non-hydrogen) atoms. The molecular weight excluding hydrogens is 527 g/mol. The summed E-state index contributed by atoms with van der Waals surface area (Å²) in [5.41, 5.74) is 0.900. The van der Waals surface area contributed by atoms with E-state index in [0.717, 1.165) is 30.7 Å². The van der Waals surface area contributed by atoms with Gasteiger partial charge >= 0.3 is 0 Å². The van der Waals surface area contributed by atoms with Gasteiger partial charge in [-0.25, -0.2) is 15.0 Å². The molecule has 0 saturated carbocycles. The molecule has 2 heterocycles. The van der Waals surface area contributed by atoms with Gasteiger partial charge < -0.3 is 4.74 Å². The molecule has 3 aromatic rings. The lowest BCUT2D eigenvalue weighted by atomic mass is 10.1. The number of hydrogen-bond donors (Lipinski definition) is 0. The fraction of sp³-hybridized carbons (Fsp3) is 0.517. The molecule has 5 nitrogen and oxygen atoms in total. The molecular formula is C29H39Cl3N4O. The third-order valence-electron chi connectivity index (χ3n) is 5.61. The van der Waals surface area contributed by atoms with Crippen molar-refractivity contribution in [1.29, 1.82) is 0 Å². The van der Waals surface area contributed by atoms with E-state index >= 15 is 0 Å². The topological polar surface area (TPSA) is 60.8 Å². The maximum Gasteiger partial charge on any atom is 0.218 e. The number of aromatic nitrogens is 4. The molecule has 1 aromatic carbocycles. The Balaban J connectivity index is 0.000000291. The van der Waals surface area contributed by atoms with Crippen LogP contribution in [0.4, 0.5) is 0 Å². The van der Waals surface area contributed by atoms with E-state index in [0.29, 0.717) is 39.7 Å². The van der Waals surface area contributed by atoms with Crippen LogP contribution < -0.4 is 4.74 Å². The number of unbranched alkanes of at least 4 members (excludes halogenated alkanes) is 7. The van der Waals surface area contributed by atoms with E-state index in [9.17, 15) is 0 Å². The molecule has 0 N–H and O–H groups in total. The summed E-state index contributed by atoms with van der Waals surface area (Å²) in [4.78, 5) is 16.9. The quantitative estimate of drug-likeness (QED) is 0.144.